The highest BCUT2D eigenvalue weighted by atomic mass is 16.3. The summed E-state index contributed by atoms with van der Waals surface area (Å²) >= 11 is 0. The van der Waals surface area contributed by atoms with E-state index in [1.807, 2.05) is 6.92 Å². The summed E-state index contributed by atoms with van der Waals surface area (Å²) in [6.07, 6.45) is 1.32. The van der Waals surface area contributed by atoms with Crippen LogP contribution >= 0.6 is 0 Å². The minimum atomic E-state index is -0.171. The average Bonchev–Trinajstić information content (AvgIpc) is 2.20. The van der Waals surface area contributed by atoms with E-state index < -0.39 is 0 Å². The maximum absolute atomic E-state index is 11.6. The number of aromatic nitrogens is 2. The third-order valence-electron chi connectivity index (χ3n) is 2.13. The molecule has 84 valence electrons. The van der Waals surface area contributed by atoms with E-state index in [0.29, 0.717) is 23.6 Å². The highest BCUT2D eigenvalue weighted by Crippen LogP contribution is 2.02. The second-order valence-electron chi connectivity index (χ2n) is 3.38. The highest BCUT2D eigenvalue weighted by molar-refractivity contribution is 5.29. The first-order valence-electron chi connectivity index (χ1n) is 5.13. The van der Waals surface area contributed by atoms with Crippen LogP contribution in [0.5, 0.6) is 0 Å². The summed E-state index contributed by atoms with van der Waals surface area (Å²) in [4.78, 5) is 18.4. The Bertz CT molecular complexity index is 373. The first-order valence-corrected chi connectivity index (χ1v) is 5.13. The van der Waals surface area contributed by atoms with Crippen molar-refractivity contribution in [3.8, 4) is 0 Å². The number of H-pyrrole nitrogens is 1. The zero-order valence-electron chi connectivity index (χ0n) is 9.13. The zero-order valence-corrected chi connectivity index (χ0v) is 9.13. The van der Waals surface area contributed by atoms with E-state index in [9.17, 15) is 4.79 Å². The van der Waals surface area contributed by atoms with E-state index >= 15 is 0 Å². The molecule has 5 heteroatoms. The fourth-order valence-corrected chi connectivity index (χ4v) is 1.34. The molecule has 1 aromatic heterocycles. The van der Waals surface area contributed by atoms with Gasteiger partial charge in [-0.2, -0.15) is 0 Å². The van der Waals surface area contributed by atoms with Gasteiger partial charge < -0.3 is 10.4 Å². The van der Waals surface area contributed by atoms with Gasteiger partial charge >= 0.3 is 0 Å². The van der Waals surface area contributed by atoms with Crippen molar-refractivity contribution in [2.24, 2.45) is 0 Å². The number of hydrogen-bond donors (Lipinski definition) is 3. The van der Waals surface area contributed by atoms with E-state index in [2.05, 4.69) is 15.3 Å². The van der Waals surface area contributed by atoms with Crippen LogP contribution in [0.4, 0.5) is 5.95 Å². The molecule has 0 saturated carbocycles. The summed E-state index contributed by atoms with van der Waals surface area (Å²) < 4.78 is 0. The van der Waals surface area contributed by atoms with Crippen LogP contribution in [0.1, 0.15) is 24.6 Å². The molecule has 0 aliphatic carbocycles. The average molecular weight is 211 g/mol. The van der Waals surface area contributed by atoms with Gasteiger partial charge in [-0.1, -0.05) is 6.92 Å². The first-order chi connectivity index (χ1) is 7.19. The van der Waals surface area contributed by atoms with E-state index in [-0.39, 0.29) is 12.2 Å². The lowest BCUT2D eigenvalue weighted by molar-refractivity contribution is 0.298. The highest BCUT2D eigenvalue weighted by Gasteiger charge is 2.06. The zero-order chi connectivity index (χ0) is 11.3. The number of aromatic amines is 1. The molecule has 0 aliphatic heterocycles. The van der Waals surface area contributed by atoms with E-state index in [1.165, 1.54) is 0 Å². The molecular weight excluding hydrogens is 194 g/mol. The van der Waals surface area contributed by atoms with Crippen molar-refractivity contribution >= 4 is 5.95 Å². The molecule has 1 aromatic rings. The quantitative estimate of drug-likeness (QED) is 0.660. The van der Waals surface area contributed by atoms with Gasteiger partial charge in [-0.15, -0.1) is 0 Å². The smallest absolute Gasteiger partial charge is 0.255 e. The van der Waals surface area contributed by atoms with Gasteiger partial charge in [-0.3, -0.25) is 9.78 Å². The molecule has 0 fully saturated rings. The third kappa shape index (κ3) is 3.06. The third-order valence-corrected chi connectivity index (χ3v) is 2.13. The maximum atomic E-state index is 11.6. The minimum Gasteiger partial charge on any atom is -0.396 e. The second kappa shape index (κ2) is 5.50. The molecular formula is C10H17N3O2. The second-order valence-corrected chi connectivity index (χ2v) is 3.38. The minimum absolute atomic E-state index is 0.0344. The van der Waals surface area contributed by atoms with Crippen LogP contribution in [0.2, 0.25) is 0 Å². The van der Waals surface area contributed by atoms with Crippen molar-refractivity contribution in [1.82, 2.24) is 9.97 Å². The van der Waals surface area contributed by atoms with Crippen LogP contribution < -0.4 is 10.9 Å². The molecule has 0 amide bonds. The molecule has 0 spiro atoms. The van der Waals surface area contributed by atoms with Gasteiger partial charge in [0.15, 0.2) is 0 Å². The number of rotatable bonds is 5. The molecule has 5 nitrogen and oxygen atoms in total. The molecule has 3 N–H and O–H groups in total. The van der Waals surface area contributed by atoms with Crippen molar-refractivity contribution in [3.63, 3.8) is 0 Å². The van der Waals surface area contributed by atoms with Gasteiger partial charge in [0.25, 0.3) is 5.56 Å². The van der Waals surface area contributed by atoms with Gasteiger partial charge in [-0.05, 0) is 13.3 Å². The largest absolute Gasteiger partial charge is 0.396 e. The van der Waals surface area contributed by atoms with Crippen molar-refractivity contribution < 1.29 is 5.11 Å². The first kappa shape index (κ1) is 11.7. The molecule has 1 rings (SSSR count). The van der Waals surface area contributed by atoms with Crippen molar-refractivity contribution in [3.05, 3.63) is 21.6 Å². The van der Waals surface area contributed by atoms with Gasteiger partial charge in [-0.25, -0.2) is 4.98 Å². The number of nitrogens with one attached hydrogen (secondary N) is 2. The molecule has 0 unspecified atom stereocenters. The van der Waals surface area contributed by atoms with Crippen molar-refractivity contribution in [1.29, 1.82) is 0 Å². The van der Waals surface area contributed by atoms with Crippen LogP contribution in [0.15, 0.2) is 4.79 Å². The summed E-state index contributed by atoms with van der Waals surface area (Å²) in [5.74, 6) is 0.501. The molecule has 15 heavy (non-hydrogen) atoms. The summed E-state index contributed by atoms with van der Waals surface area (Å²) in [5, 5.41) is 11.8. The summed E-state index contributed by atoms with van der Waals surface area (Å²) in [7, 11) is 0. The fraction of sp³-hybridized carbons (Fsp3) is 0.600. The predicted octanol–water partition coefficient (Wildman–Crippen LogP) is 0.435. The molecule has 0 aliphatic rings. The standard InChI is InChI=1S/C10H17N3O2/c1-3-5-11-10-12-7(2)8(4-6-14)9(15)13-10/h14H,3-6H2,1-2H3,(H2,11,12,13,15). The number of hydrogen-bond acceptors (Lipinski definition) is 4. The Morgan fingerprint density at radius 3 is 2.80 bits per heavy atom. The van der Waals surface area contributed by atoms with Gasteiger partial charge in [0.05, 0.1) is 5.69 Å². The molecule has 0 atom stereocenters. The van der Waals surface area contributed by atoms with Crippen LogP contribution in [0.3, 0.4) is 0 Å². The van der Waals surface area contributed by atoms with E-state index in [4.69, 9.17) is 5.11 Å². The number of anilines is 1. The van der Waals surface area contributed by atoms with Crippen molar-refractivity contribution in [2.75, 3.05) is 18.5 Å². The summed E-state index contributed by atoms with van der Waals surface area (Å²) in [5.41, 5.74) is 1.06. The number of aliphatic hydroxyl groups excluding tert-OH is 1. The normalized spacial score (nSPS) is 10.3. The Hall–Kier alpha value is -1.36. The van der Waals surface area contributed by atoms with Crippen LogP contribution in [0.25, 0.3) is 0 Å². The van der Waals surface area contributed by atoms with E-state index in [1.54, 1.807) is 6.92 Å². The maximum Gasteiger partial charge on any atom is 0.255 e. The van der Waals surface area contributed by atoms with Crippen LogP contribution in [-0.4, -0.2) is 28.2 Å². The van der Waals surface area contributed by atoms with E-state index in [0.717, 1.165) is 13.0 Å². The molecule has 1 heterocycles. The van der Waals surface area contributed by atoms with Gasteiger partial charge in [0.2, 0.25) is 5.95 Å². The molecule has 0 bridgehead atoms. The number of nitrogens with zero attached hydrogens (tertiary/aromatic N) is 1. The Labute approximate surface area is 88.6 Å². The van der Waals surface area contributed by atoms with Gasteiger partial charge in [0.1, 0.15) is 0 Å². The van der Waals surface area contributed by atoms with Crippen LogP contribution in [-0.2, 0) is 6.42 Å². The fourth-order valence-electron chi connectivity index (χ4n) is 1.34. The Kier molecular flexibility index (Phi) is 4.30. The number of aliphatic hydroxyl groups is 1. The Balaban J connectivity index is 2.92. The molecule has 0 radical (unpaired) electrons. The lowest BCUT2D eigenvalue weighted by atomic mass is 10.2. The topological polar surface area (TPSA) is 78.0 Å². The Morgan fingerprint density at radius 2 is 2.27 bits per heavy atom. The van der Waals surface area contributed by atoms with Crippen molar-refractivity contribution in [2.45, 2.75) is 26.7 Å². The lowest BCUT2D eigenvalue weighted by Crippen LogP contribution is -2.20. The Morgan fingerprint density at radius 1 is 1.53 bits per heavy atom. The summed E-state index contributed by atoms with van der Waals surface area (Å²) in [6, 6.07) is 0. The summed E-state index contributed by atoms with van der Waals surface area (Å²) in [6.45, 7) is 4.56. The SMILES string of the molecule is CCCNc1nc(C)c(CCO)c(=O)[nH]1. The molecule has 0 saturated heterocycles. The van der Waals surface area contributed by atoms with Gasteiger partial charge in [0, 0.05) is 25.1 Å². The monoisotopic (exact) mass is 211 g/mol. The predicted molar refractivity (Wildman–Crippen MR) is 59.2 cm³/mol. The molecule has 0 aromatic carbocycles. The lowest BCUT2D eigenvalue weighted by Gasteiger charge is -2.07. The number of aryl methyl sites for hydroxylation is 1. The van der Waals surface area contributed by atoms with Crippen LogP contribution in [0, 0.1) is 6.92 Å².